The molecule has 1 aliphatic rings. The van der Waals surface area contributed by atoms with Gasteiger partial charge in [-0.3, -0.25) is 4.79 Å². The molecule has 1 fully saturated rings. The lowest BCUT2D eigenvalue weighted by molar-refractivity contribution is -0.154. The molecular weight excluding hydrogens is 359 g/mol. The minimum absolute atomic E-state index is 0.0945. The molecule has 1 aliphatic carbocycles. The minimum Gasteiger partial charge on any atom is -0.459 e. The van der Waals surface area contributed by atoms with Gasteiger partial charge in [0.1, 0.15) is 5.60 Å². The van der Waals surface area contributed by atoms with Crippen LogP contribution in [0.15, 0.2) is 29.2 Å². The molecule has 0 atom stereocenters. The fourth-order valence-corrected chi connectivity index (χ4v) is 3.23. The number of carbonyl (C=O) groups is 1. The summed E-state index contributed by atoms with van der Waals surface area (Å²) in [5, 5.41) is 0. The van der Waals surface area contributed by atoms with Crippen molar-refractivity contribution in [2.45, 2.75) is 43.1 Å². The summed E-state index contributed by atoms with van der Waals surface area (Å²) >= 11 is 3.81. The van der Waals surface area contributed by atoms with E-state index in [0.29, 0.717) is 5.75 Å². The average Bonchev–Trinajstić information content (AvgIpc) is 2.75. The van der Waals surface area contributed by atoms with Gasteiger partial charge in [0.05, 0.1) is 5.75 Å². The zero-order valence-corrected chi connectivity index (χ0v) is 13.4. The van der Waals surface area contributed by atoms with Crippen LogP contribution in [0.2, 0.25) is 0 Å². The van der Waals surface area contributed by atoms with E-state index < -0.39 is 0 Å². The predicted molar refractivity (Wildman–Crippen MR) is 82.8 cm³/mol. The number of benzene rings is 1. The van der Waals surface area contributed by atoms with Crippen LogP contribution >= 0.6 is 34.4 Å². The van der Waals surface area contributed by atoms with Crippen molar-refractivity contribution in [3.8, 4) is 0 Å². The molecule has 0 aliphatic heterocycles. The summed E-state index contributed by atoms with van der Waals surface area (Å²) in [6.45, 7) is 2.05. The zero-order chi connectivity index (χ0) is 13.0. The number of ether oxygens (including phenoxy) is 1. The molecule has 0 unspecified atom stereocenters. The van der Waals surface area contributed by atoms with Crippen molar-refractivity contribution < 1.29 is 9.53 Å². The highest BCUT2D eigenvalue weighted by Crippen LogP contribution is 2.33. The second kappa shape index (κ2) is 6.28. The number of thioether (sulfide) groups is 1. The highest BCUT2D eigenvalue weighted by Gasteiger charge is 2.32. The minimum atomic E-state index is -0.205. The summed E-state index contributed by atoms with van der Waals surface area (Å²) in [5.74, 6) is 0.304. The van der Waals surface area contributed by atoms with Crippen LogP contribution in [0.1, 0.15) is 32.6 Å². The molecular formula is C14H17IO2S. The molecule has 1 saturated carbocycles. The molecule has 0 spiro atoms. The van der Waals surface area contributed by atoms with E-state index in [9.17, 15) is 4.79 Å². The van der Waals surface area contributed by atoms with Gasteiger partial charge in [0, 0.05) is 8.47 Å². The SMILES string of the molecule is CC1(OC(=O)CSc2ccc(I)cc2)CCCC1. The van der Waals surface area contributed by atoms with Crippen LogP contribution in [0.3, 0.4) is 0 Å². The van der Waals surface area contributed by atoms with E-state index in [0.717, 1.165) is 17.7 Å². The third-order valence-electron chi connectivity index (χ3n) is 3.19. The van der Waals surface area contributed by atoms with Crippen LogP contribution in [0.25, 0.3) is 0 Å². The van der Waals surface area contributed by atoms with Crippen molar-refractivity contribution in [1.82, 2.24) is 0 Å². The Labute approximate surface area is 126 Å². The Morgan fingerprint density at radius 2 is 1.94 bits per heavy atom. The Morgan fingerprint density at radius 1 is 1.33 bits per heavy atom. The van der Waals surface area contributed by atoms with Crippen molar-refractivity contribution in [3.63, 3.8) is 0 Å². The van der Waals surface area contributed by atoms with Gasteiger partial charge in [0.15, 0.2) is 0 Å². The van der Waals surface area contributed by atoms with Crippen molar-refractivity contribution >= 4 is 40.3 Å². The lowest BCUT2D eigenvalue weighted by Crippen LogP contribution is -2.28. The molecule has 1 aromatic rings. The molecule has 0 N–H and O–H groups in total. The summed E-state index contributed by atoms with van der Waals surface area (Å²) in [4.78, 5) is 12.9. The monoisotopic (exact) mass is 376 g/mol. The van der Waals surface area contributed by atoms with Gasteiger partial charge in [-0.15, -0.1) is 11.8 Å². The smallest absolute Gasteiger partial charge is 0.316 e. The lowest BCUT2D eigenvalue weighted by atomic mass is 10.1. The predicted octanol–water partition coefficient (Wildman–Crippen LogP) is 4.26. The number of carbonyl (C=O) groups excluding carboxylic acids is 1. The highest BCUT2D eigenvalue weighted by atomic mass is 127. The number of esters is 1. The van der Waals surface area contributed by atoms with E-state index in [1.165, 1.54) is 16.4 Å². The van der Waals surface area contributed by atoms with E-state index in [1.807, 2.05) is 31.2 Å². The average molecular weight is 376 g/mol. The van der Waals surface area contributed by atoms with E-state index in [-0.39, 0.29) is 11.6 Å². The van der Waals surface area contributed by atoms with Gasteiger partial charge in [-0.25, -0.2) is 0 Å². The molecule has 98 valence electrons. The van der Waals surface area contributed by atoms with Crippen LogP contribution in [0, 0.1) is 3.57 Å². The molecule has 0 amide bonds. The lowest BCUT2D eigenvalue weighted by Gasteiger charge is -2.23. The molecule has 0 heterocycles. The topological polar surface area (TPSA) is 26.3 Å². The van der Waals surface area contributed by atoms with Crippen molar-refractivity contribution in [1.29, 1.82) is 0 Å². The molecule has 18 heavy (non-hydrogen) atoms. The first-order valence-corrected chi connectivity index (χ1v) is 8.24. The quantitative estimate of drug-likeness (QED) is 0.446. The molecule has 0 saturated heterocycles. The number of rotatable bonds is 4. The van der Waals surface area contributed by atoms with Crippen LogP contribution in [0.5, 0.6) is 0 Å². The van der Waals surface area contributed by atoms with Crippen molar-refractivity contribution in [3.05, 3.63) is 27.8 Å². The maximum absolute atomic E-state index is 11.8. The zero-order valence-electron chi connectivity index (χ0n) is 10.4. The summed E-state index contributed by atoms with van der Waals surface area (Å²) < 4.78 is 6.79. The first-order chi connectivity index (χ1) is 8.57. The molecule has 4 heteroatoms. The highest BCUT2D eigenvalue weighted by molar-refractivity contribution is 14.1. The maximum atomic E-state index is 11.8. The number of hydrogen-bond acceptors (Lipinski definition) is 3. The van der Waals surface area contributed by atoms with E-state index >= 15 is 0 Å². The molecule has 1 aromatic carbocycles. The van der Waals surface area contributed by atoms with Crippen LogP contribution in [-0.4, -0.2) is 17.3 Å². The van der Waals surface area contributed by atoms with Gasteiger partial charge in [0.25, 0.3) is 0 Å². The Balaban J connectivity index is 1.79. The van der Waals surface area contributed by atoms with Gasteiger partial charge in [-0.05, 0) is 79.5 Å². The van der Waals surface area contributed by atoms with Crippen LogP contribution < -0.4 is 0 Å². The fourth-order valence-electron chi connectivity index (χ4n) is 2.20. The fraction of sp³-hybridized carbons (Fsp3) is 0.500. The molecule has 0 bridgehead atoms. The molecule has 0 aromatic heterocycles. The van der Waals surface area contributed by atoms with Gasteiger partial charge >= 0.3 is 5.97 Å². The Kier molecular flexibility index (Phi) is 4.95. The van der Waals surface area contributed by atoms with Crippen LogP contribution in [-0.2, 0) is 9.53 Å². The number of halogens is 1. The third kappa shape index (κ3) is 4.16. The van der Waals surface area contributed by atoms with Gasteiger partial charge < -0.3 is 4.74 Å². The van der Waals surface area contributed by atoms with E-state index in [4.69, 9.17) is 4.74 Å². The van der Waals surface area contributed by atoms with Crippen molar-refractivity contribution in [2.24, 2.45) is 0 Å². The second-order valence-electron chi connectivity index (χ2n) is 4.87. The standard InChI is InChI=1S/C14H17IO2S/c1-14(8-2-3-9-14)17-13(16)10-18-12-6-4-11(15)5-7-12/h4-7H,2-3,8-10H2,1H3. The van der Waals surface area contributed by atoms with Gasteiger partial charge in [-0.1, -0.05) is 0 Å². The Morgan fingerprint density at radius 3 is 2.56 bits per heavy atom. The summed E-state index contributed by atoms with van der Waals surface area (Å²) in [6, 6.07) is 8.17. The summed E-state index contributed by atoms with van der Waals surface area (Å²) in [6.07, 6.45) is 4.36. The van der Waals surface area contributed by atoms with E-state index in [1.54, 1.807) is 11.8 Å². The Hall–Kier alpha value is -0.230. The first-order valence-electron chi connectivity index (χ1n) is 6.18. The van der Waals surface area contributed by atoms with Gasteiger partial charge in [-0.2, -0.15) is 0 Å². The summed E-state index contributed by atoms with van der Waals surface area (Å²) in [7, 11) is 0. The number of hydrogen-bond donors (Lipinski definition) is 0. The largest absolute Gasteiger partial charge is 0.459 e. The van der Waals surface area contributed by atoms with Crippen LogP contribution in [0.4, 0.5) is 0 Å². The van der Waals surface area contributed by atoms with E-state index in [2.05, 4.69) is 22.6 Å². The molecule has 2 nitrogen and oxygen atoms in total. The molecule has 2 rings (SSSR count). The van der Waals surface area contributed by atoms with Crippen molar-refractivity contribution in [2.75, 3.05) is 5.75 Å². The normalized spacial score (nSPS) is 17.7. The second-order valence-corrected chi connectivity index (χ2v) is 7.17. The maximum Gasteiger partial charge on any atom is 0.316 e. The Bertz CT molecular complexity index is 410. The first kappa shape index (κ1) is 14.2. The summed E-state index contributed by atoms with van der Waals surface area (Å²) in [5.41, 5.74) is -0.205. The molecule has 0 radical (unpaired) electrons. The third-order valence-corrected chi connectivity index (χ3v) is 4.90. The van der Waals surface area contributed by atoms with Gasteiger partial charge in [0.2, 0.25) is 0 Å².